The predicted octanol–water partition coefficient (Wildman–Crippen LogP) is 2.66. The van der Waals surface area contributed by atoms with Gasteiger partial charge in [-0.25, -0.2) is 0 Å². The molecule has 0 aromatic carbocycles. The van der Waals surface area contributed by atoms with Crippen molar-refractivity contribution < 1.29 is 0 Å². The number of hydrogen-bond donors (Lipinski definition) is 1. The van der Waals surface area contributed by atoms with E-state index in [9.17, 15) is 0 Å². The Morgan fingerprint density at radius 2 is 2.27 bits per heavy atom. The summed E-state index contributed by atoms with van der Waals surface area (Å²) in [5.74, 6) is 0.671. The van der Waals surface area contributed by atoms with Gasteiger partial charge in [0.05, 0.1) is 5.69 Å². The van der Waals surface area contributed by atoms with Crippen LogP contribution >= 0.6 is 0 Å². The number of rotatable bonds is 2. The summed E-state index contributed by atoms with van der Waals surface area (Å²) in [4.78, 5) is 4.16. The molecule has 3 rings (SSSR count). The second-order valence-corrected chi connectivity index (χ2v) is 4.12. The summed E-state index contributed by atoms with van der Waals surface area (Å²) in [5.41, 5.74) is 4.79. The molecule has 0 spiro atoms. The van der Waals surface area contributed by atoms with E-state index in [-0.39, 0.29) is 0 Å². The van der Waals surface area contributed by atoms with Gasteiger partial charge in [-0.05, 0) is 25.8 Å². The first-order chi connectivity index (χ1) is 7.36. The lowest BCUT2D eigenvalue weighted by Crippen LogP contribution is -1.86. The molecular weight excluding hydrogens is 186 g/mol. The normalized spacial score (nSPS) is 15.5. The molecule has 0 bridgehead atoms. The highest BCUT2D eigenvalue weighted by atomic mass is 15.1. The Balaban J connectivity index is 2.13. The summed E-state index contributed by atoms with van der Waals surface area (Å²) in [6.07, 6.45) is 6.26. The van der Waals surface area contributed by atoms with Gasteiger partial charge in [0.25, 0.3) is 0 Å². The number of H-pyrrole nitrogens is 1. The second kappa shape index (κ2) is 3.19. The smallest absolute Gasteiger partial charge is 0.0734 e. The van der Waals surface area contributed by atoms with Gasteiger partial charge in [-0.1, -0.05) is 6.07 Å². The zero-order valence-corrected chi connectivity index (χ0v) is 8.70. The third-order valence-corrected chi connectivity index (χ3v) is 2.89. The third-order valence-electron chi connectivity index (χ3n) is 2.89. The van der Waals surface area contributed by atoms with Crippen LogP contribution in [0.1, 0.15) is 30.1 Å². The molecule has 3 heteroatoms. The van der Waals surface area contributed by atoms with Crippen LogP contribution in [-0.4, -0.2) is 15.2 Å². The number of pyridine rings is 1. The van der Waals surface area contributed by atoms with Crippen LogP contribution in [0.25, 0.3) is 11.1 Å². The van der Waals surface area contributed by atoms with E-state index < -0.39 is 0 Å². The van der Waals surface area contributed by atoms with Crippen molar-refractivity contribution in [2.75, 3.05) is 0 Å². The highest BCUT2D eigenvalue weighted by molar-refractivity contribution is 5.68. The molecule has 0 amide bonds. The van der Waals surface area contributed by atoms with Gasteiger partial charge in [-0.2, -0.15) is 5.10 Å². The van der Waals surface area contributed by atoms with Crippen LogP contribution in [0.4, 0.5) is 0 Å². The molecular formula is C12H13N3. The molecule has 1 aliphatic carbocycles. The lowest BCUT2D eigenvalue weighted by Gasteiger charge is -2.01. The summed E-state index contributed by atoms with van der Waals surface area (Å²) < 4.78 is 0. The molecule has 1 fully saturated rings. The Kier molecular flexibility index (Phi) is 1.84. The Bertz CT molecular complexity index is 469. The van der Waals surface area contributed by atoms with Crippen LogP contribution in [0.2, 0.25) is 0 Å². The molecule has 76 valence electrons. The van der Waals surface area contributed by atoms with E-state index in [1.54, 1.807) is 6.20 Å². The van der Waals surface area contributed by atoms with Crippen molar-refractivity contribution >= 4 is 0 Å². The Labute approximate surface area is 88.6 Å². The molecule has 1 aliphatic rings. The molecule has 1 saturated carbocycles. The van der Waals surface area contributed by atoms with Gasteiger partial charge in [0.2, 0.25) is 0 Å². The molecule has 2 heterocycles. The van der Waals surface area contributed by atoms with Crippen LogP contribution in [0.5, 0.6) is 0 Å². The Hall–Kier alpha value is -1.64. The molecule has 15 heavy (non-hydrogen) atoms. The summed E-state index contributed by atoms with van der Waals surface area (Å²) in [6, 6.07) is 4.06. The van der Waals surface area contributed by atoms with Crippen molar-refractivity contribution in [3.05, 3.63) is 35.9 Å². The molecule has 0 aliphatic heterocycles. The fourth-order valence-corrected chi connectivity index (χ4v) is 1.98. The zero-order chi connectivity index (χ0) is 10.3. The molecule has 2 aromatic rings. The van der Waals surface area contributed by atoms with E-state index in [0.717, 1.165) is 5.69 Å². The van der Waals surface area contributed by atoms with Crippen molar-refractivity contribution in [1.29, 1.82) is 0 Å². The summed E-state index contributed by atoms with van der Waals surface area (Å²) in [7, 11) is 0. The Morgan fingerprint density at radius 3 is 2.93 bits per heavy atom. The van der Waals surface area contributed by atoms with E-state index in [1.807, 2.05) is 12.3 Å². The van der Waals surface area contributed by atoms with E-state index in [0.29, 0.717) is 5.92 Å². The first kappa shape index (κ1) is 8.65. The third kappa shape index (κ3) is 1.44. The number of aromatic nitrogens is 3. The minimum Gasteiger partial charge on any atom is -0.282 e. The van der Waals surface area contributed by atoms with E-state index in [2.05, 4.69) is 28.2 Å². The lowest BCUT2D eigenvalue weighted by molar-refractivity contribution is 0.954. The first-order valence-electron chi connectivity index (χ1n) is 5.31. The average molecular weight is 199 g/mol. The van der Waals surface area contributed by atoms with Gasteiger partial charge in [0, 0.05) is 35.1 Å². The van der Waals surface area contributed by atoms with Gasteiger partial charge in [-0.15, -0.1) is 0 Å². The van der Waals surface area contributed by atoms with Crippen molar-refractivity contribution in [3.8, 4) is 11.1 Å². The maximum absolute atomic E-state index is 4.40. The van der Waals surface area contributed by atoms with E-state index in [1.165, 1.54) is 29.7 Å². The summed E-state index contributed by atoms with van der Waals surface area (Å²) >= 11 is 0. The van der Waals surface area contributed by atoms with Gasteiger partial charge >= 0.3 is 0 Å². The predicted molar refractivity (Wildman–Crippen MR) is 58.5 cm³/mol. The number of aryl methyl sites for hydroxylation is 1. The SMILES string of the molecule is Cc1[nH]nc(C2CC2)c1-c1cccnc1. The fraction of sp³-hybridized carbons (Fsp3) is 0.333. The van der Waals surface area contributed by atoms with Crippen LogP contribution in [-0.2, 0) is 0 Å². The monoisotopic (exact) mass is 199 g/mol. The highest BCUT2D eigenvalue weighted by Crippen LogP contribution is 2.43. The number of aromatic amines is 1. The van der Waals surface area contributed by atoms with Crippen molar-refractivity contribution in [2.24, 2.45) is 0 Å². The summed E-state index contributed by atoms with van der Waals surface area (Å²) in [5, 5.41) is 7.48. The van der Waals surface area contributed by atoms with E-state index in [4.69, 9.17) is 0 Å². The largest absolute Gasteiger partial charge is 0.282 e. The van der Waals surface area contributed by atoms with Crippen molar-refractivity contribution in [3.63, 3.8) is 0 Å². The maximum atomic E-state index is 4.40. The molecule has 0 radical (unpaired) electrons. The van der Waals surface area contributed by atoms with Crippen molar-refractivity contribution in [2.45, 2.75) is 25.7 Å². The molecule has 0 unspecified atom stereocenters. The highest BCUT2D eigenvalue weighted by Gasteiger charge is 2.29. The first-order valence-corrected chi connectivity index (χ1v) is 5.31. The second-order valence-electron chi connectivity index (χ2n) is 4.12. The molecule has 1 N–H and O–H groups in total. The van der Waals surface area contributed by atoms with Crippen LogP contribution < -0.4 is 0 Å². The minimum absolute atomic E-state index is 0.671. The zero-order valence-electron chi connectivity index (χ0n) is 8.70. The molecule has 0 atom stereocenters. The quantitative estimate of drug-likeness (QED) is 0.807. The van der Waals surface area contributed by atoms with Gasteiger partial charge < -0.3 is 0 Å². The molecule has 0 saturated heterocycles. The van der Waals surface area contributed by atoms with Crippen molar-refractivity contribution in [1.82, 2.24) is 15.2 Å². The number of hydrogen-bond acceptors (Lipinski definition) is 2. The molecule has 2 aromatic heterocycles. The summed E-state index contributed by atoms with van der Waals surface area (Å²) in [6.45, 7) is 2.07. The number of nitrogens with one attached hydrogen (secondary N) is 1. The lowest BCUT2D eigenvalue weighted by atomic mass is 10.0. The van der Waals surface area contributed by atoms with Crippen LogP contribution in [0.15, 0.2) is 24.5 Å². The van der Waals surface area contributed by atoms with Gasteiger partial charge in [0.15, 0.2) is 0 Å². The number of nitrogens with zero attached hydrogens (tertiary/aromatic N) is 2. The topological polar surface area (TPSA) is 41.6 Å². The average Bonchev–Trinajstić information content (AvgIpc) is 3.04. The maximum Gasteiger partial charge on any atom is 0.0734 e. The Morgan fingerprint density at radius 1 is 1.40 bits per heavy atom. The fourth-order valence-electron chi connectivity index (χ4n) is 1.98. The minimum atomic E-state index is 0.671. The standard InChI is InChI=1S/C12H13N3/c1-8-11(10-3-2-6-13-7-10)12(15-14-8)9-4-5-9/h2-3,6-7,9H,4-5H2,1H3,(H,14,15). The molecule has 3 nitrogen and oxygen atoms in total. The van der Waals surface area contributed by atoms with Gasteiger partial charge in [-0.3, -0.25) is 10.1 Å². The van der Waals surface area contributed by atoms with Gasteiger partial charge in [0.1, 0.15) is 0 Å². The van der Waals surface area contributed by atoms with E-state index >= 15 is 0 Å². The van der Waals surface area contributed by atoms with Crippen LogP contribution in [0, 0.1) is 6.92 Å². The van der Waals surface area contributed by atoms with Crippen LogP contribution in [0.3, 0.4) is 0 Å².